The van der Waals surface area contributed by atoms with Crippen molar-refractivity contribution in [2.45, 2.75) is 0 Å². The van der Waals surface area contributed by atoms with Crippen molar-refractivity contribution in [1.29, 1.82) is 0 Å². The van der Waals surface area contributed by atoms with Crippen LogP contribution < -0.4 is 16.8 Å². The summed E-state index contributed by atoms with van der Waals surface area (Å²) in [5.41, 5.74) is 9.49. The predicted octanol–water partition coefficient (Wildman–Crippen LogP) is 2.67. The Morgan fingerprint density at radius 3 is 2.10 bits per heavy atom. The van der Waals surface area contributed by atoms with Gasteiger partial charge in [0.25, 0.3) is 5.91 Å². The monoisotopic (exact) mass is 299 g/mol. The van der Waals surface area contributed by atoms with Crippen molar-refractivity contribution in [2.24, 2.45) is 5.73 Å². The molecular weight excluding hydrogens is 290 g/mol. The number of rotatable bonds is 3. The van der Waals surface area contributed by atoms with E-state index < -0.39 is 34.9 Å². The number of carbonyl (C=O) groups is 1. The Hall–Kier alpha value is -2.77. The van der Waals surface area contributed by atoms with Crippen LogP contribution in [0.2, 0.25) is 0 Å². The molecule has 8 heteroatoms. The summed E-state index contributed by atoms with van der Waals surface area (Å²) in [5, 5.41) is 2.15. The molecule has 0 bridgehead atoms. The van der Waals surface area contributed by atoms with E-state index in [1.807, 2.05) is 0 Å². The van der Waals surface area contributed by atoms with Crippen molar-refractivity contribution < 1.29 is 22.4 Å². The SMILES string of the molecule is NC(=O)c1cc(Nc2c(F)c(F)cc(F)c2F)ccc1N. The molecule has 2 aromatic carbocycles. The van der Waals surface area contributed by atoms with Crippen LogP contribution in [0.15, 0.2) is 24.3 Å². The first kappa shape index (κ1) is 14.6. The zero-order chi connectivity index (χ0) is 15.7. The lowest BCUT2D eigenvalue weighted by Gasteiger charge is -2.11. The molecule has 0 aliphatic carbocycles. The number of hydrogen-bond acceptors (Lipinski definition) is 3. The van der Waals surface area contributed by atoms with E-state index in [2.05, 4.69) is 5.32 Å². The molecule has 0 unspecified atom stereocenters. The number of benzene rings is 2. The molecule has 0 aliphatic heterocycles. The topological polar surface area (TPSA) is 81.1 Å². The van der Waals surface area contributed by atoms with Crippen molar-refractivity contribution in [1.82, 2.24) is 0 Å². The van der Waals surface area contributed by atoms with Gasteiger partial charge in [-0.2, -0.15) is 0 Å². The van der Waals surface area contributed by atoms with Crippen LogP contribution in [0.25, 0.3) is 0 Å². The van der Waals surface area contributed by atoms with E-state index in [9.17, 15) is 22.4 Å². The lowest BCUT2D eigenvalue weighted by molar-refractivity contribution is 0.100. The molecule has 0 aliphatic rings. The minimum atomic E-state index is -1.59. The Bertz CT molecular complexity index is 708. The number of nitrogens with one attached hydrogen (secondary N) is 1. The summed E-state index contributed by atoms with van der Waals surface area (Å²) in [5.74, 6) is -7.15. The van der Waals surface area contributed by atoms with E-state index in [1.165, 1.54) is 12.1 Å². The van der Waals surface area contributed by atoms with Gasteiger partial charge in [0.2, 0.25) is 0 Å². The Kier molecular flexibility index (Phi) is 3.70. The first-order chi connectivity index (χ1) is 9.81. The maximum Gasteiger partial charge on any atom is 0.250 e. The molecule has 2 rings (SSSR count). The lowest BCUT2D eigenvalue weighted by atomic mass is 10.1. The van der Waals surface area contributed by atoms with Crippen LogP contribution >= 0.6 is 0 Å². The number of anilines is 3. The number of primary amides is 1. The van der Waals surface area contributed by atoms with E-state index in [-0.39, 0.29) is 23.0 Å². The van der Waals surface area contributed by atoms with Crippen molar-refractivity contribution in [3.63, 3.8) is 0 Å². The summed E-state index contributed by atoms with van der Waals surface area (Å²) < 4.78 is 53.2. The summed E-state index contributed by atoms with van der Waals surface area (Å²) in [6.45, 7) is 0. The maximum absolute atomic E-state index is 13.5. The highest BCUT2D eigenvalue weighted by Gasteiger charge is 2.19. The van der Waals surface area contributed by atoms with Gasteiger partial charge in [0.15, 0.2) is 23.3 Å². The van der Waals surface area contributed by atoms with Crippen molar-refractivity contribution in [2.75, 3.05) is 11.1 Å². The van der Waals surface area contributed by atoms with E-state index in [0.29, 0.717) is 0 Å². The van der Waals surface area contributed by atoms with Gasteiger partial charge in [-0.05, 0) is 18.2 Å². The van der Waals surface area contributed by atoms with Crippen molar-refractivity contribution in [3.05, 3.63) is 53.1 Å². The number of amides is 1. The van der Waals surface area contributed by atoms with Gasteiger partial charge in [0.05, 0.1) is 5.56 Å². The molecule has 0 spiro atoms. The molecule has 5 N–H and O–H groups in total. The second kappa shape index (κ2) is 5.31. The molecule has 0 heterocycles. The van der Waals surface area contributed by atoms with Gasteiger partial charge < -0.3 is 16.8 Å². The molecule has 0 radical (unpaired) electrons. The largest absolute Gasteiger partial charge is 0.398 e. The molecular formula is C13H9F4N3O. The van der Waals surface area contributed by atoms with Crippen LogP contribution in [0, 0.1) is 23.3 Å². The lowest BCUT2D eigenvalue weighted by Crippen LogP contribution is -2.14. The second-order valence-corrected chi connectivity index (χ2v) is 4.13. The minimum Gasteiger partial charge on any atom is -0.398 e. The molecule has 0 saturated heterocycles. The number of halogens is 4. The molecule has 2 aromatic rings. The molecule has 4 nitrogen and oxygen atoms in total. The normalized spacial score (nSPS) is 10.5. The van der Waals surface area contributed by atoms with E-state index in [1.54, 1.807) is 0 Å². The Morgan fingerprint density at radius 1 is 1.00 bits per heavy atom. The van der Waals surface area contributed by atoms with Gasteiger partial charge >= 0.3 is 0 Å². The van der Waals surface area contributed by atoms with Crippen molar-refractivity contribution in [3.8, 4) is 0 Å². The van der Waals surface area contributed by atoms with Gasteiger partial charge in [-0.3, -0.25) is 4.79 Å². The molecule has 0 saturated carbocycles. The van der Waals surface area contributed by atoms with Crippen LogP contribution in [0.4, 0.5) is 34.6 Å². The summed E-state index contributed by atoms with van der Waals surface area (Å²) in [6.07, 6.45) is 0. The van der Waals surface area contributed by atoms with E-state index in [0.717, 1.165) is 6.07 Å². The standard InChI is InChI=1S/C13H9F4N3O/c14-7-4-8(15)11(17)12(10(7)16)20-5-1-2-9(18)6(3-5)13(19)21/h1-4,20H,18H2,(H2,19,21). The Morgan fingerprint density at radius 2 is 1.57 bits per heavy atom. The predicted molar refractivity (Wildman–Crippen MR) is 68.9 cm³/mol. The summed E-state index contributed by atoms with van der Waals surface area (Å²) in [7, 11) is 0. The van der Waals surface area contributed by atoms with Crippen LogP contribution in [0.5, 0.6) is 0 Å². The fraction of sp³-hybridized carbons (Fsp3) is 0. The maximum atomic E-state index is 13.5. The molecule has 21 heavy (non-hydrogen) atoms. The first-order valence-corrected chi connectivity index (χ1v) is 5.60. The highest BCUT2D eigenvalue weighted by Crippen LogP contribution is 2.28. The average Bonchev–Trinajstić information content (AvgIpc) is 2.43. The van der Waals surface area contributed by atoms with Gasteiger partial charge in [0, 0.05) is 17.4 Å². The number of nitrogen functional groups attached to an aromatic ring is 1. The first-order valence-electron chi connectivity index (χ1n) is 5.60. The summed E-state index contributed by atoms with van der Waals surface area (Å²) in [6, 6.07) is 3.73. The number of nitrogens with two attached hydrogens (primary N) is 2. The minimum absolute atomic E-state index is 0.0131. The average molecular weight is 299 g/mol. The molecule has 0 fully saturated rings. The van der Waals surface area contributed by atoms with Crippen LogP contribution in [0.1, 0.15) is 10.4 Å². The third-order valence-electron chi connectivity index (χ3n) is 2.70. The highest BCUT2D eigenvalue weighted by molar-refractivity contribution is 5.99. The Balaban J connectivity index is 2.48. The van der Waals surface area contributed by atoms with Crippen LogP contribution in [0.3, 0.4) is 0 Å². The Labute approximate surface area is 116 Å². The fourth-order valence-electron chi connectivity index (χ4n) is 1.67. The number of carbonyl (C=O) groups excluding carboxylic acids is 1. The smallest absolute Gasteiger partial charge is 0.250 e. The molecule has 1 amide bonds. The van der Waals surface area contributed by atoms with Crippen LogP contribution in [-0.4, -0.2) is 5.91 Å². The second-order valence-electron chi connectivity index (χ2n) is 4.13. The summed E-state index contributed by atoms with van der Waals surface area (Å²) >= 11 is 0. The quantitative estimate of drug-likeness (QED) is 0.463. The van der Waals surface area contributed by atoms with E-state index >= 15 is 0 Å². The van der Waals surface area contributed by atoms with Gasteiger partial charge in [-0.15, -0.1) is 0 Å². The van der Waals surface area contributed by atoms with Gasteiger partial charge in [-0.25, -0.2) is 17.6 Å². The van der Waals surface area contributed by atoms with Gasteiger partial charge in [0.1, 0.15) is 5.69 Å². The third kappa shape index (κ3) is 2.73. The van der Waals surface area contributed by atoms with Gasteiger partial charge in [-0.1, -0.05) is 0 Å². The van der Waals surface area contributed by atoms with Crippen molar-refractivity contribution >= 4 is 23.0 Å². The molecule has 0 aromatic heterocycles. The molecule has 110 valence electrons. The zero-order valence-corrected chi connectivity index (χ0v) is 10.4. The molecule has 0 atom stereocenters. The highest BCUT2D eigenvalue weighted by atomic mass is 19.2. The van der Waals surface area contributed by atoms with E-state index in [4.69, 9.17) is 11.5 Å². The number of hydrogen-bond donors (Lipinski definition) is 3. The zero-order valence-electron chi connectivity index (χ0n) is 10.4. The fourth-order valence-corrected chi connectivity index (χ4v) is 1.67. The van der Waals surface area contributed by atoms with Crippen LogP contribution in [-0.2, 0) is 0 Å². The summed E-state index contributed by atoms with van der Waals surface area (Å²) in [4.78, 5) is 11.1. The third-order valence-corrected chi connectivity index (χ3v) is 2.70.